The second kappa shape index (κ2) is 5.05. The molecule has 1 aliphatic rings. The molecule has 19 heavy (non-hydrogen) atoms. The number of nitrogens with one attached hydrogen (secondary N) is 1. The standard InChI is InChI=1S/C15H17NO3/c1-18-11-2-3-12-13(17)9-14(19-15(12)8-11)10-4-6-16-7-5-10/h2-3,8-10,16H,4-7H2,1H3. The summed E-state index contributed by atoms with van der Waals surface area (Å²) in [7, 11) is 1.61. The van der Waals surface area contributed by atoms with Crippen molar-refractivity contribution >= 4 is 11.0 Å². The lowest BCUT2D eigenvalue weighted by Crippen LogP contribution is -2.27. The molecule has 0 atom stereocenters. The Morgan fingerprint density at radius 2 is 2.05 bits per heavy atom. The Morgan fingerprint density at radius 3 is 2.79 bits per heavy atom. The smallest absolute Gasteiger partial charge is 0.192 e. The molecule has 100 valence electrons. The summed E-state index contributed by atoms with van der Waals surface area (Å²) in [5.74, 6) is 1.84. The number of piperidine rings is 1. The van der Waals surface area contributed by atoms with Gasteiger partial charge in [-0.1, -0.05) is 0 Å². The van der Waals surface area contributed by atoms with E-state index in [0.717, 1.165) is 31.7 Å². The van der Waals surface area contributed by atoms with Crippen LogP contribution in [0.25, 0.3) is 11.0 Å². The van der Waals surface area contributed by atoms with Crippen molar-refractivity contribution in [3.8, 4) is 5.75 Å². The molecule has 1 fully saturated rings. The molecule has 0 saturated carbocycles. The number of rotatable bonds is 2. The van der Waals surface area contributed by atoms with E-state index < -0.39 is 0 Å². The minimum Gasteiger partial charge on any atom is -0.497 e. The fourth-order valence-corrected chi connectivity index (χ4v) is 2.59. The molecule has 1 N–H and O–H groups in total. The highest BCUT2D eigenvalue weighted by Gasteiger charge is 2.19. The first kappa shape index (κ1) is 12.2. The van der Waals surface area contributed by atoms with Gasteiger partial charge in [-0.15, -0.1) is 0 Å². The number of hydrogen-bond acceptors (Lipinski definition) is 4. The van der Waals surface area contributed by atoms with Crippen LogP contribution in [-0.2, 0) is 0 Å². The average molecular weight is 259 g/mol. The van der Waals surface area contributed by atoms with Gasteiger partial charge in [-0.3, -0.25) is 4.79 Å². The van der Waals surface area contributed by atoms with Gasteiger partial charge in [-0.25, -0.2) is 0 Å². The molecule has 0 radical (unpaired) electrons. The Bertz CT molecular complexity index is 641. The molecule has 1 aromatic carbocycles. The SMILES string of the molecule is COc1ccc2c(=O)cc(C3CCNCC3)oc2c1. The first-order valence-electron chi connectivity index (χ1n) is 6.60. The van der Waals surface area contributed by atoms with Gasteiger partial charge < -0.3 is 14.5 Å². The van der Waals surface area contributed by atoms with Gasteiger partial charge in [0.05, 0.1) is 12.5 Å². The van der Waals surface area contributed by atoms with Crippen LogP contribution in [-0.4, -0.2) is 20.2 Å². The summed E-state index contributed by atoms with van der Waals surface area (Å²) in [6, 6.07) is 6.96. The van der Waals surface area contributed by atoms with Crippen molar-refractivity contribution in [2.24, 2.45) is 0 Å². The quantitative estimate of drug-likeness (QED) is 0.899. The van der Waals surface area contributed by atoms with Gasteiger partial charge in [-0.2, -0.15) is 0 Å². The Morgan fingerprint density at radius 1 is 1.26 bits per heavy atom. The lowest BCUT2D eigenvalue weighted by molar-refractivity contribution is 0.390. The van der Waals surface area contributed by atoms with E-state index >= 15 is 0 Å². The molecule has 0 bridgehead atoms. The Balaban J connectivity index is 2.08. The zero-order chi connectivity index (χ0) is 13.2. The third kappa shape index (κ3) is 2.36. The fourth-order valence-electron chi connectivity index (χ4n) is 2.59. The maximum Gasteiger partial charge on any atom is 0.192 e. The van der Waals surface area contributed by atoms with Crippen molar-refractivity contribution in [3.05, 3.63) is 40.2 Å². The van der Waals surface area contributed by atoms with Crippen LogP contribution in [0.2, 0.25) is 0 Å². The lowest BCUT2D eigenvalue weighted by atomic mass is 9.95. The highest BCUT2D eigenvalue weighted by Crippen LogP contribution is 2.27. The molecule has 3 rings (SSSR count). The van der Waals surface area contributed by atoms with E-state index in [9.17, 15) is 4.79 Å². The Labute approximate surface area is 111 Å². The van der Waals surface area contributed by atoms with E-state index in [-0.39, 0.29) is 5.43 Å². The normalized spacial score (nSPS) is 16.7. The molecule has 1 aromatic heterocycles. The van der Waals surface area contributed by atoms with Crippen LogP contribution >= 0.6 is 0 Å². The number of methoxy groups -OCH3 is 1. The first-order valence-corrected chi connectivity index (χ1v) is 6.60. The monoisotopic (exact) mass is 259 g/mol. The second-order valence-electron chi connectivity index (χ2n) is 4.90. The molecule has 0 aliphatic carbocycles. The van der Waals surface area contributed by atoms with Gasteiger partial charge >= 0.3 is 0 Å². The highest BCUT2D eigenvalue weighted by molar-refractivity contribution is 5.78. The van der Waals surface area contributed by atoms with Crippen LogP contribution in [0.4, 0.5) is 0 Å². The first-order chi connectivity index (χ1) is 9.28. The fraction of sp³-hybridized carbons (Fsp3) is 0.400. The Hall–Kier alpha value is -1.81. The van der Waals surface area contributed by atoms with E-state index in [2.05, 4.69) is 5.32 Å². The summed E-state index contributed by atoms with van der Waals surface area (Å²) in [5.41, 5.74) is 0.637. The lowest BCUT2D eigenvalue weighted by Gasteiger charge is -2.21. The van der Waals surface area contributed by atoms with Crippen molar-refractivity contribution in [1.29, 1.82) is 0 Å². The maximum absolute atomic E-state index is 12.1. The van der Waals surface area contributed by atoms with Crippen molar-refractivity contribution in [2.75, 3.05) is 20.2 Å². The molecule has 1 aliphatic heterocycles. The highest BCUT2D eigenvalue weighted by atomic mass is 16.5. The van der Waals surface area contributed by atoms with Gasteiger partial charge in [0, 0.05) is 18.1 Å². The number of benzene rings is 1. The van der Waals surface area contributed by atoms with Gasteiger partial charge in [0.1, 0.15) is 17.1 Å². The van der Waals surface area contributed by atoms with Gasteiger partial charge in [0.15, 0.2) is 5.43 Å². The molecular weight excluding hydrogens is 242 g/mol. The minimum absolute atomic E-state index is 0.0254. The predicted molar refractivity (Wildman–Crippen MR) is 73.9 cm³/mol. The molecule has 0 spiro atoms. The molecule has 2 aromatic rings. The number of ether oxygens (including phenoxy) is 1. The molecule has 4 nitrogen and oxygen atoms in total. The van der Waals surface area contributed by atoms with E-state index in [1.165, 1.54) is 0 Å². The molecule has 0 amide bonds. The summed E-state index contributed by atoms with van der Waals surface area (Å²) in [4.78, 5) is 12.1. The molecule has 4 heteroatoms. The van der Waals surface area contributed by atoms with E-state index in [4.69, 9.17) is 9.15 Å². The van der Waals surface area contributed by atoms with Gasteiger partial charge in [0.2, 0.25) is 0 Å². The van der Waals surface area contributed by atoms with Crippen molar-refractivity contribution in [3.63, 3.8) is 0 Å². The number of fused-ring (bicyclic) bond motifs is 1. The van der Waals surface area contributed by atoms with Crippen molar-refractivity contribution in [2.45, 2.75) is 18.8 Å². The predicted octanol–water partition coefficient (Wildman–Crippen LogP) is 2.27. The van der Waals surface area contributed by atoms with Gasteiger partial charge in [0.25, 0.3) is 0 Å². The van der Waals surface area contributed by atoms with Crippen LogP contribution in [0.15, 0.2) is 33.5 Å². The Kier molecular flexibility index (Phi) is 3.25. The third-order valence-electron chi connectivity index (χ3n) is 3.70. The van der Waals surface area contributed by atoms with Crippen LogP contribution in [0.5, 0.6) is 5.75 Å². The third-order valence-corrected chi connectivity index (χ3v) is 3.70. The zero-order valence-electron chi connectivity index (χ0n) is 10.9. The number of hydrogen-bond donors (Lipinski definition) is 1. The van der Waals surface area contributed by atoms with Gasteiger partial charge in [-0.05, 0) is 38.1 Å². The van der Waals surface area contributed by atoms with Crippen molar-refractivity contribution < 1.29 is 9.15 Å². The van der Waals surface area contributed by atoms with Crippen LogP contribution < -0.4 is 15.5 Å². The summed E-state index contributed by atoms with van der Waals surface area (Å²) in [5, 5.41) is 3.92. The minimum atomic E-state index is 0.0254. The molecule has 0 unspecified atom stereocenters. The average Bonchev–Trinajstić information content (AvgIpc) is 2.47. The van der Waals surface area contributed by atoms with E-state index in [1.807, 2.05) is 0 Å². The van der Waals surface area contributed by atoms with Crippen LogP contribution in [0.3, 0.4) is 0 Å². The second-order valence-corrected chi connectivity index (χ2v) is 4.90. The topological polar surface area (TPSA) is 51.5 Å². The molecule has 2 heterocycles. The zero-order valence-corrected chi connectivity index (χ0v) is 10.9. The maximum atomic E-state index is 12.1. The largest absolute Gasteiger partial charge is 0.497 e. The van der Waals surface area contributed by atoms with E-state index in [1.54, 1.807) is 31.4 Å². The van der Waals surface area contributed by atoms with E-state index in [0.29, 0.717) is 22.6 Å². The summed E-state index contributed by atoms with van der Waals surface area (Å²) in [6.45, 7) is 1.95. The van der Waals surface area contributed by atoms with Crippen LogP contribution in [0.1, 0.15) is 24.5 Å². The van der Waals surface area contributed by atoms with Crippen LogP contribution in [0, 0.1) is 0 Å². The summed E-state index contributed by atoms with van der Waals surface area (Å²) >= 11 is 0. The molecular formula is C15H17NO3. The van der Waals surface area contributed by atoms with Crippen molar-refractivity contribution in [1.82, 2.24) is 5.32 Å². The summed E-state index contributed by atoms with van der Waals surface area (Å²) in [6.07, 6.45) is 2.02. The molecule has 1 saturated heterocycles. The summed E-state index contributed by atoms with van der Waals surface area (Å²) < 4.78 is 11.1.